The smallest absolute Gasteiger partial charge is 0.131 e. The molecule has 4 heterocycles. The minimum atomic E-state index is -0.164. The Bertz CT molecular complexity index is 1240. The van der Waals surface area contributed by atoms with Gasteiger partial charge in [0.1, 0.15) is 23.7 Å². The first-order chi connectivity index (χ1) is 17.3. The Morgan fingerprint density at radius 2 is 2.09 bits per heavy atom. The van der Waals surface area contributed by atoms with Crippen LogP contribution in [0.2, 0.25) is 0 Å². The highest BCUT2D eigenvalue weighted by Gasteiger charge is 2.40. The van der Waals surface area contributed by atoms with Gasteiger partial charge in [0.25, 0.3) is 0 Å². The van der Waals surface area contributed by atoms with Crippen molar-refractivity contribution >= 4 is 5.57 Å². The van der Waals surface area contributed by atoms with Crippen molar-refractivity contribution in [2.45, 2.75) is 50.4 Å². The van der Waals surface area contributed by atoms with E-state index in [9.17, 15) is 0 Å². The van der Waals surface area contributed by atoms with Gasteiger partial charge in [0.2, 0.25) is 0 Å². The summed E-state index contributed by atoms with van der Waals surface area (Å²) in [5.74, 6) is 1.71. The molecule has 2 aromatic carbocycles. The van der Waals surface area contributed by atoms with Gasteiger partial charge in [-0.05, 0) is 73.1 Å². The van der Waals surface area contributed by atoms with E-state index in [1.807, 2.05) is 24.4 Å². The molecule has 5 nitrogen and oxygen atoms in total. The second-order valence-electron chi connectivity index (χ2n) is 9.71. The summed E-state index contributed by atoms with van der Waals surface area (Å²) in [6.07, 6.45) is 9.44. The van der Waals surface area contributed by atoms with Crippen LogP contribution in [0.25, 0.3) is 5.57 Å². The fraction of sp³-hybridized carbons (Fsp3) is 0.367. The number of methoxy groups -OCH3 is 1. The van der Waals surface area contributed by atoms with Crippen molar-refractivity contribution in [3.63, 3.8) is 0 Å². The van der Waals surface area contributed by atoms with Crippen LogP contribution in [0.3, 0.4) is 0 Å². The number of fused-ring (bicyclic) bond motifs is 4. The van der Waals surface area contributed by atoms with Gasteiger partial charge in [0.15, 0.2) is 0 Å². The van der Waals surface area contributed by atoms with Crippen LogP contribution in [0.5, 0.6) is 11.5 Å². The largest absolute Gasteiger partial charge is 0.497 e. The van der Waals surface area contributed by atoms with E-state index in [-0.39, 0.29) is 5.60 Å². The lowest BCUT2D eigenvalue weighted by atomic mass is 9.79. The summed E-state index contributed by atoms with van der Waals surface area (Å²) in [5, 5.41) is 3.82. The summed E-state index contributed by atoms with van der Waals surface area (Å²) >= 11 is 0. The van der Waals surface area contributed by atoms with Crippen LogP contribution in [0.4, 0.5) is 0 Å². The fourth-order valence-electron chi connectivity index (χ4n) is 5.83. The van der Waals surface area contributed by atoms with Crippen LogP contribution in [-0.2, 0) is 23.4 Å². The van der Waals surface area contributed by atoms with Gasteiger partial charge >= 0.3 is 0 Å². The minimum Gasteiger partial charge on any atom is -0.497 e. The van der Waals surface area contributed by atoms with Gasteiger partial charge in [-0.1, -0.05) is 36.4 Å². The molecule has 1 N–H and O–H groups in total. The minimum absolute atomic E-state index is 0.164. The third-order valence-electron chi connectivity index (χ3n) is 7.72. The van der Waals surface area contributed by atoms with Crippen LogP contribution in [-0.4, -0.2) is 31.3 Å². The average Bonchev–Trinajstić information content (AvgIpc) is 3.07. The summed E-state index contributed by atoms with van der Waals surface area (Å²) in [5.41, 5.74) is 7.02. The molecule has 3 aliphatic heterocycles. The lowest BCUT2D eigenvalue weighted by Gasteiger charge is -2.44. The zero-order chi connectivity index (χ0) is 23.7. The number of rotatable bonds is 4. The Hall–Kier alpha value is -3.15. The molecule has 35 heavy (non-hydrogen) atoms. The molecule has 1 fully saturated rings. The third kappa shape index (κ3) is 4.24. The Kier molecular flexibility index (Phi) is 6.05. The van der Waals surface area contributed by atoms with Gasteiger partial charge in [0.05, 0.1) is 19.4 Å². The number of hydrogen-bond acceptors (Lipinski definition) is 5. The number of nitrogens with zero attached hydrogens (tertiary/aromatic N) is 1. The highest BCUT2D eigenvalue weighted by Crippen LogP contribution is 2.41. The van der Waals surface area contributed by atoms with E-state index in [1.54, 1.807) is 7.11 Å². The van der Waals surface area contributed by atoms with Crippen molar-refractivity contribution in [3.8, 4) is 11.5 Å². The number of hydrogen-bond donors (Lipinski definition) is 1. The van der Waals surface area contributed by atoms with E-state index in [1.165, 1.54) is 16.7 Å². The van der Waals surface area contributed by atoms with Crippen molar-refractivity contribution in [1.29, 1.82) is 0 Å². The molecule has 5 heteroatoms. The predicted molar refractivity (Wildman–Crippen MR) is 137 cm³/mol. The van der Waals surface area contributed by atoms with E-state index in [4.69, 9.17) is 14.2 Å². The van der Waals surface area contributed by atoms with Crippen molar-refractivity contribution in [2.75, 3.05) is 20.3 Å². The molecule has 0 bridgehead atoms. The van der Waals surface area contributed by atoms with Gasteiger partial charge in [-0.25, -0.2) is 0 Å². The zero-order valence-corrected chi connectivity index (χ0v) is 20.3. The van der Waals surface area contributed by atoms with Crippen molar-refractivity contribution < 1.29 is 14.2 Å². The van der Waals surface area contributed by atoms with Gasteiger partial charge in [0, 0.05) is 29.9 Å². The first-order valence-corrected chi connectivity index (χ1v) is 12.7. The highest BCUT2D eigenvalue weighted by atomic mass is 16.5. The van der Waals surface area contributed by atoms with Gasteiger partial charge in [-0.3, -0.25) is 4.98 Å². The quantitative estimate of drug-likeness (QED) is 0.555. The summed E-state index contributed by atoms with van der Waals surface area (Å²) in [7, 11) is 1.70. The monoisotopic (exact) mass is 468 g/mol. The molecule has 1 spiro atoms. The highest BCUT2D eigenvalue weighted by molar-refractivity contribution is 5.85. The number of nitrogens with one attached hydrogen (secondary N) is 1. The molecule has 6 rings (SSSR count). The Morgan fingerprint density at radius 1 is 1.14 bits per heavy atom. The second kappa shape index (κ2) is 9.48. The average molecular weight is 469 g/mol. The summed E-state index contributed by atoms with van der Waals surface area (Å²) in [4.78, 5) is 4.60. The molecule has 0 radical (unpaired) electrons. The summed E-state index contributed by atoms with van der Waals surface area (Å²) in [6, 6.07) is 19.5. The van der Waals surface area contributed by atoms with Crippen LogP contribution in [0.1, 0.15) is 53.6 Å². The number of allylic oxidation sites excluding steroid dienone is 1. The fourth-order valence-corrected chi connectivity index (χ4v) is 5.83. The lowest BCUT2D eigenvalue weighted by molar-refractivity contribution is -0.0810. The van der Waals surface area contributed by atoms with Crippen LogP contribution in [0, 0.1) is 0 Å². The van der Waals surface area contributed by atoms with E-state index < -0.39 is 0 Å². The van der Waals surface area contributed by atoms with Crippen molar-refractivity contribution in [3.05, 3.63) is 94.8 Å². The van der Waals surface area contributed by atoms with E-state index in [2.05, 4.69) is 52.8 Å². The molecular formula is C30H32N2O3. The predicted octanol–water partition coefficient (Wildman–Crippen LogP) is 5.41. The number of piperidine rings is 1. The maximum absolute atomic E-state index is 6.39. The number of benzene rings is 2. The Balaban J connectivity index is 1.20. The Labute approximate surface area is 207 Å². The first-order valence-electron chi connectivity index (χ1n) is 12.7. The van der Waals surface area contributed by atoms with Gasteiger partial charge < -0.3 is 19.5 Å². The molecule has 0 saturated carbocycles. The van der Waals surface area contributed by atoms with Crippen molar-refractivity contribution in [2.24, 2.45) is 0 Å². The number of pyridine rings is 1. The van der Waals surface area contributed by atoms with Crippen LogP contribution >= 0.6 is 0 Å². The van der Waals surface area contributed by atoms with Crippen LogP contribution < -0.4 is 14.8 Å². The summed E-state index contributed by atoms with van der Waals surface area (Å²) in [6.45, 7) is 2.17. The molecule has 3 aliphatic rings. The third-order valence-corrected chi connectivity index (χ3v) is 7.72. The maximum Gasteiger partial charge on any atom is 0.131 e. The molecule has 0 aliphatic carbocycles. The van der Waals surface area contributed by atoms with E-state index in [0.717, 1.165) is 73.6 Å². The molecule has 1 saturated heterocycles. The van der Waals surface area contributed by atoms with E-state index in [0.29, 0.717) is 12.6 Å². The molecule has 180 valence electrons. The van der Waals surface area contributed by atoms with E-state index >= 15 is 0 Å². The topological polar surface area (TPSA) is 52.6 Å². The molecule has 2 unspecified atom stereocenters. The molecule has 1 aromatic heterocycles. The Morgan fingerprint density at radius 3 is 2.97 bits per heavy atom. The second-order valence-corrected chi connectivity index (χ2v) is 9.71. The standard InChI is InChI=1S/C30H32N2O3/c1-33-23-11-12-29-26(18-23)24(25-9-5-16-31-28(25)19-34-29)8-4-7-22-13-15-30(20-32-22)27-10-3-2-6-21(27)14-17-35-30/h2-3,5-6,8-12,16,18,22,32H,4,7,13-15,17,19-20H2,1H3/b24-8+. The molecule has 0 amide bonds. The van der Waals surface area contributed by atoms with Crippen LogP contribution in [0.15, 0.2) is 66.9 Å². The van der Waals surface area contributed by atoms with Gasteiger partial charge in [-0.2, -0.15) is 0 Å². The molecule has 2 atom stereocenters. The maximum atomic E-state index is 6.39. The SMILES string of the molecule is COc1ccc2c(c1)/C(=C/CCC1CCC3(CN1)OCCc1ccccc13)c1cccnc1CO2. The lowest BCUT2D eigenvalue weighted by Crippen LogP contribution is -2.51. The number of ether oxygens (including phenoxy) is 3. The van der Waals surface area contributed by atoms with Crippen molar-refractivity contribution in [1.82, 2.24) is 10.3 Å². The molecular weight excluding hydrogens is 436 g/mol. The zero-order valence-electron chi connectivity index (χ0n) is 20.3. The molecule has 3 aromatic rings. The summed E-state index contributed by atoms with van der Waals surface area (Å²) < 4.78 is 18.0. The number of aromatic nitrogens is 1. The first kappa shape index (κ1) is 22.3. The normalized spacial score (nSPS) is 24.1. The van der Waals surface area contributed by atoms with Gasteiger partial charge in [-0.15, -0.1) is 0 Å².